The maximum absolute atomic E-state index is 13.5. The highest BCUT2D eigenvalue weighted by Gasteiger charge is 2.18. The van der Waals surface area contributed by atoms with Crippen LogP contribution in [-0.4, -0.2) is 36.0 Å². The molecule has 0 aliphatic carbocycles. The molecule has 0 aliphatic heterocycles. The van der Waals surface area contributed by atoms with Crippen LogP contribution in [0.15, 0.2) is 60.8 Å². The van der Waals surface area contributed by atoms with Crippen molar-refractivity contribution in [1.82, 2.24) is 4.98 Å². The number of pyridine rings is 1. The number of amides is 1. The van der Waals surface area contributed by atoms with Gasteiger partial charge in [0.2, 0.25) is 5.75 Å². The molecule has 10 heteroatoms. The smallest absolute Gasteiger partial charge is 0.308 e. The number of primary amides is 1. The predicted octanol–water partition coefficient (Wildman–Crippen LogP) is 4.96. The monoisotopic (exact) mass is 530 g/mol. The number of ether oxygens (including phenoxy) is 3. The number of carbonyl (C=O) groups excluding carboxylic acids is 3. The molecular weight excluding hydrogens is 498 g/mol. The lowest BCUT2D eigenvalue weighted by molar-refractivity contribution is -0.147. The number of nitrogens with zero attached hydrogens (tertiary/aromatic N) is 1. The molecule has 0 radical (unpaired) electrons. The van der Waals surface area contributed by atoms with Crippen LogP contribution in [0.3, 0.4) is 0 Å². The summed E-state index contributed by atoms with van der Waals surface area (Å²) in [7, 11) is 1.38. The average molecular weight is 531 g/mol. The summed E-state index contributed by atoms with van der Waals surface area (Å²) < 4.78 is 40.2. The minimum Gasteiger partial charge on any atom is -0.493 e. The van der Waals surface area contributed by atoms with Crippen molar-refractivity contribution in [3.63, 3.8) is 0 Å². The topological polar surface area (TPSA) is 118 Å². The highest BCUT2D eigenvalue weighted by molar-refractivity contribution is 5.95. The van der Waals surface area contributed by atoms with E-state index >= 15 is 0 Å². The normalized spacial score (nSPS) is 10.5. The van der Waals surface area contributed by atoms with Gasteiger partial charge in [0.05, 0.1) is 7.11 Å². The first kappa shape index (κ1) is 31.7. The van der Waals surface area contributed by atoms with Gasteiger partial charge in [-0.1, -0.05) is 37.3 Å². The highest BCUT2D eigenvalue weighted by Crippen LogP contribution is 2.29. The Bertz CT molecular complexity index is 1210. The maximum Gasteiger partial charge on any atom is 0.308 e. The van der Waals surface area contributed by atoms with Crippen molar-refractivity contribution in [2.75, 3.05) is 7.11 Å². The second-order valence-corrected chi connectivity index (χ2v) is 7.90. The zero-order valence-electron chi connectivity index (χ0n) is 22.0. The lowest BCUT2D eigenvalue weighted by atomic mass is 10.1. The van der Waals surface area contributed by atoms with Crippen LogP contribution >= 0.6 is 0 Å². The van der Waals surface area contributed by atoms with E-state index < -0.39 is 11.9 Å². The van der Waals surface area contributed by atoms with Gasteiger partial charge in [-0.3, -0.25) is 14.4 Å². The number of methoxy groups -OCH3 is 1. The lowest BCUT2D eigenvalue weighted by Crippen LogP contribution is -2.17. The van der Waals surface area contributed by atoms with Gasteiger partial charge in [0.15, 0.2) is 11.4 Å². The Morgan fingerprint density at radius 1 is 1.05 bits per heavy atom. The number of hydrogen-bond donors (Lipinski definition) is 1. The van der Waals surface area contributed by atoms with Gasteiger partial charge < -0.3 is 19.9 Å². The van der Waals surface area contributed by atoms with E-state index in [1.54, 1.807) is 38.1 Å². The number of halogens is 2. The van der Waals surface area contributed by atoms with Gasteiger partial charge >= 0.3 is 11.9 Å². The van der Waals surface area contributed by atoms with Crippen molar-refractivity contribution < 1.29 is 37.4 Å². The van der Waals surface area contributed by atoms with Gasteiger partial charge in [-0.05, 0) is 43.2 Å². The van der Waals surface area contributed by atoms with Crippen LogP contribution in [0.4, 0.5) is 8.78 Å². The summed E-state index contributed by atoms with van der Waals surface area (Å²) in [6.45, 7) is 6.55. The predicted molar refractivity (Wildman–Crippen MR) is 138 cm³/mol. The first-order valence-corrected chi connectivity index (χ1v) is 11.6. The van der Waals surface area contributed by atoms with Crippen molar-refractivity contribution >= 4 is 17.8 Å². The summed E-state index contributed by atoms with van der Waals surface area (Å²) in [6.07, 6.45) is 1.81. The minimum absolute atomic E-state index is 0.0556. The summed E-state index contributed by atoms with van der Waals surface area (Å²) in [4.78, 5) is 36.5. The van der Waals surface area contributed by atoms with E-state index in [-0.39, 0.29) is 40.9 Å². The largest absolute Gasteiger partial charge is 0.493 e. The van der Waals surface area contributed by atoms with Gasteiger partial charge in [0.25, 0.3) is 5.91 Å². The number of aromatic nitrogens is 1. The van der Waals surface area contributed by atoms with Crippen molar-refractivity contribution in [2.45, 2.75) is 46.6 Å². The average Bonchev–Trinajstić information content (AvgIpc) is 2.86. The molecule has 0 fully saturated rings. The van der Waals surface area contributed by atoms with Gasteiger partial charge in [0.1, 0.15) is 17.7 Å². The van der Waals surface area contributed by atoms with Gasteiger partial charge in [0, 0.05) is 32.0 Å². The Labute approximate surface area is 220 Å². The van der Waals surface area contributed by atoms with E-state index in [9.17, 15) is 23.2 Å². The second-order valence-electron chi connectivity index (χ2n) is 7.90. The Morgan fingerprint density at radius 2 is 1.71 bits per heavy atom. The molecule has 3 rings (SSSR count). The number of nitrogens with two attached hydrogens (primary N) is 1. The summed E-state index contributed by atoms with van der Waals surface area (Å²) in [5.74, 6) is -1.86. The molecular formula is C28H32F2N2O6. The molecule has 3 aromatic rings. The summed E-state index contributed by atoms with van der Waals surface area (Å²) in [5, 5.41) is 0. The van der Waals surface area contributed by atoms with Crippen LogP contribution < -0.4 is 15.2 Å². The SMILES string of the molecule is CCC(=O)OC(C)Cc1ccc(C)cc1F.COc1ccnc(C(N)=O)c1OC(C)=O.Fc1ccccc1. The molecule has 0 spiro atoms. The second kappa shape index (κ2) is 16.4. The number of aryl methyl sites for hydroxylation is 1. The van der Waals surface area contributed by atoms with Crippen LogP contribution in [-0.2, 0) is 20.7 Å². The van der Waals surface area contributed by atoms with Crippen molar-refractivity contribution in [1.29, 1.82) is 0 Å². The molecule has 1 aromatic heterocycles. The standard InChI is InChI=1S/C13H17FO2.C9H10N2O4.C6H5F/c1-4-13(15)16-10(3)8-11-6-5-9(2)7-12(11)14;1-5(12)15-8-6(14-2)3-4-11-7(8)9(10)13;7-6-4-2-1-3-5-6/h5-7,10H,4,8H2,1-3H3;3-4H,1-2H3,(H2,10,13);1-5H. The van der Waals surface area contributed by atoms with E-state index in [1.165, 1.54) is 44.5 Å². The summed E-state index contributed by atoms with van der Waals surface area (Å²) in [5.41, 5.74) is 6.40. The van der Waals surface area contributed by atoms with E-state index in [2.05, 4.69) is 4.98 Å². The number of benzene rings is 2. The lowest BCUT2D eigenvalue weighted by Gasteiger charge is -2.13. The van der Waals surface area contributed by atoms with Crippen LogP contribution in [0.2, 0.25) is 0 Å². The van der Waals surface area contributed by atoms with E-state index in [0.29, 0.717) is 18.4 Å². The molecule has 0 aliphatic rings. The summed E-state index contributed by atoms with van der Waals surface area (Å²) >= 11 is 0. The van der Waals surface area contributed by atoms with Crippen molar-refractivity contribution in [2.24, 2.45) is 5.73 Å². The zero-order valence-corrected chi connectivity index (χ0v) is 22.0. The minimum atomic E-state index is -0.787. The van der Waals surface area contributed by atoms with Gasteiger partial charge in [-0.2, -0.15) is 0 Å². The Kier molecular flexibility index (Phi) is 13.7. The van der Waals surface area contributed by atoms with E-state index in [0.717, 1.165) is 5.56 Å². The summed E-state index contributed by atoms with van der Waals surface area (Å²) in [6, 6.07) is 14.5. The first-order valence-electron chi connectivity index (χ1n) is 11.6. The molecule has 0 bridgehead atoms. The number of carbonyl (C=O) groups is 3. The third kappa shape index (κ3) is 11.6. The molecule has 2 N–H and O–H groups in total. The molecule has 1 atom stereocenters. The molecule has 204 valence electrons. The van der Waals surface area contributed by atoms with E-state index in [1.807, 2.05) is 13.0 Å². The maximum atomic E-state index is 13.5. The number of hydrogen-bond acceptors (Lipinski definition) is 7. The molecule has 38 heavy (non-hydrogen) atoms. The van der Waals surface area contributed by atoms with Crippen LogP contribution in [0.1, 0.15) is 48.8 Å². The third-order valence-electron chi connectivity index (χ3n) is 4.64. The van der Waals surface area contributed by atoms with Crippen LogP contribution in [0.5, 0.6) is 11.5 Å². The van der Waals surface area contributed by atoms with E-state index in [4.69, 9.17) is 19.9 Å². The molecule has 1 amide bonds. The molecule has 0 saturated carbocycles. The molecule has 1 heterocycles. The Balaban J connectivity index is 0.000000305. The molecule has 8 nitrogen and oxygen atoms in total. The molecule has 0 saturated heterocycles. The Hall–Kier alpha value is -4.34. The Morgan fingerprint density at radius 3 is 2.18 bits per heavy atom. The van der Waals surface area contributed by atoms with Crippen LogP contribution in [0.25, 0.3) is 0 Å². The number of esters is 2. The quantitative estimate of drug-likeness (QED) is 0.429. The molecule has 2 aromatic carbocycles. The fourth-order valence-corrected chi connectivity index (χ4v) is 2.90. The zero-order chi connectivity index (χ0) is 28.7. The third-order valence-corrected chi connectivity index (χ3v) is 4.64. The highest BCUT2D eigenvalue weighted by atomic mass is 19.1. The van der Waals surface area contributed by atoms with Crippen LogP contribution in [0, 0.1) is 18.6 Å². The first-order chi connectivity index (χ1) is 18.0. The fraction of sp³-hybridized carbons (Fsp3) is 0.286. The van der Waals surface area contributed by atoms with Crippen molar-refractivity contribution in [3.05, 3.63) is 89.2 Å². The van der Waals surface area contributed by atoms with Crippen molar-refractivity contribution in [3.8, 4) is 11.5 Å². The van der Waals surface area contributed by atoms with Gasteiger partial charge in [-0.25, -0.2) is 13.8 Å². The fourth-order valence-electron chi connectivity index (χ4n) is 2.90. The number of rotatable bonds is 7. The van der Waals surface area contributed by atoms with Gasteiger partial charge in [-0.15, -0.1) is 0 Å². The molecule has 1 unspecified atom stereocenters.